The van der Waals surface area contributed by atoms with Gasteiger partial charge >= 0.3 is 0 Å². The Morgan fingerprint density at radius 3 is 2.70 bits per heavy atom. The Kier molecular flexibility index (Phi) is 5.70. The van der Waals surface area contributed by atoms with E-state index in [0.29, 0.717) is 12.1 Å². The number of carbonyl (C=O) groups excluding carboxylic acids is 1. The summed E-state index contributed by atoms with van der Waals surface area (Å²) < 4.78 is 1.73. The summed E-state index contributed by atoms with van der Waals surface area (Å²) in [6.07, 6.45) is 3.79. The van der Waals surface area contributed by atoms with E-state index in [-0.39, 0.29) is 12.5 Å². The summed E-state index contributed by atoms with van der Waals surface area (Å²) in [7, 11) is 0. The van der Waals surface area contributed by atoms with Crippen molar-refractivity contribution in [1.82, 2.24) is 25.3 Å². The first-order valence-electron chi connectivity index (χ1n) is 10.7. The first kappa shape index (κ1) is 20.7. The number of nitrogens with one attached hydrogen (secondary N) is 2. The molecule has 2 aromatic heterocycles. The zero-order chi connectivity index (χ0) is 22.6. The summed E-state index contributed by atoms with van der Waals surface area (Å²) in [6.45, 7) is 0.216. The van der Waals surface area contributed by atoms with Gasteiger partial charge in [-0.15, -0.1) is 5.10 Å². The quantitative estimate of drug-likeness (QED) is 0.359. The van der Waals surface area contributed by atoms with E-state index in [1.807, 2.05) is 79.1 Å². The first-order chi connectivity index (χ1) is 16.2. The normalized spacial score (nSPS) is 12.0. The molecule has 0 saturated carbocycles. The van der Waals surface area contributed by atoms with Crippen LogP contribution in [0.25, 0.3) is 22.2 Å². The molecule has 0 aliphatic rings. The zero-order valence-corrected chi connectivity index (χ0v) is 17.8. The maximum atomic E-state index is 13.1. The Hall–Kier alpha value is -4.23. The van der Waals surface area contributed by atoms with Gasteiger partial charge < -0.3 is 15.4 Å². The highest BCUT2D eigenvalue weighted by Crippen LogP contribution is 2.22. The molecule has 5 rings (SSSR count). The molecule has 0 saturated heterocycles. The van der Waals surface area contributed by atoms with Crippen LogP contribution < -0.4 is 5.32 Å². The Morgan fingerprint density at radius 2 is 1.85 bits per heavy atom. The number of fused-ring (bicyclic) bond motifs is 1. The van der Waals surface area contributed by atoms with Gasteiger partial charge in [0.1, 0.15) is 5.69 Å². The minimum absolute atomic E-state index is 0.185. The molecule has 7 nitrogen and oxygen atoms in total. The van der Waals surface area contributed by atoms with Gasteiger partial charge in [-0.2, -0.15) is 0 Å². The Morgan fingerprint density at radius 1 is 1.03 bits per heavy atom. The van der Waals surface area contributed by atoms with Crippen molar-refractivity contribution in [3.05, 3.63) is 108 Å². The highest BCUT2D eigenvalue weighted by atomic mass is 16.3. The van der Waals surface area contributed by atoms with E-state index in [1.165, 1.54) is 0 Å². The van der Waals surface area contributed by atoms with Crippen molar-refractivity contribution in [1.29, 1.82) is 0 Å². The van der Waals surface area contributed by atoms with E-state index in [0.717, 1.165) is 33.3 Å². The third-order valence-electron chi connectivity index (χ3n) is 5.67. The third-order valence-corrected chi connectivity index (χ3v) is 5.67. The van der Waals surface area contributed by atoms with E-state index in [1.54, 1.807) is 10.7 Å². The molecule has 5 aromatic rings. The second-order valence-corrected chi connectivity index (χ2v) is 7.86. The third kappa shape index (κ3) is 4.40. The van der Waals surface area contributed by atoms with Crippen molar-refractivity contribution in [3.8, 4) is 11.3 Å². The standard InChI is InChI=1S/C26H23N5O2/c32-17-25(18-6-2-1-3-7-18)28-26(33)22-9-5-4-8-21(22)15-31-16-24(29-30-31)19-10-11-23-20(14-19)12-13-27-23/h1-14,16,25,27,32H,15,17H2,(H,28,33)/t25-/m0/s1. The predicted molar refractivity (Wildman–Crippen MR) is 127 cm³/mol. The second kappa shape index (κ2) is 9.10. The van der Waals surface area contributed by atoms with Crippen LogP contribution in [0.2, 0.25) is 0 Å². The number of hydrogen-bond acceptors (Lipinski definition) is 4. The molecular weight excluding hydrogens is 414 g/mol. The maximum absolute atomic E-state index is 13.1. The van der Waals surface area contributed by atoms with Crippen LogP contribution in [-0.4, -0.2) is 37.6 Å². The lowest BCUT2D eigenvalue weighted by Crippen LogP contribution is -2.31. The highest BCUT2D eigenvalue weighted by molar-refractivity contribution is 5.96. The van der Waals surface area contributed by atoms with E-state index >= 15 is 0 Å². The fourth-order valence-electron chi connectivity index (χ4n) is 3.93. The molecule has 0 unspecified atom stereocenters. The van der Waals surface area contributed by atoms with E-state index in [2.05, 4.69) is 26.7 Å². The van der Waals surface area contributed by atoms with Crippen LogP contribution in [0.4, 0.5) is 0 Å². The van der Waals surface area contributed by atoms with Gasteiger partial charge in [0.25, 0.3) is 5.91 Å². The van der Waals surface area contributed by atoms with Crippen molar-refractivity contribution in [2.45, 2.75) is 12.6 Å². The first-order valence-corrected chi connectivity index (χ1v) is 10.7. The number of rotatable bonds is 7. The Labute approximate surface area is 190 Å². The monoisotopic (exact) mass is 437 g/mol. The Bertz CT molecular complexity index is 1390. The highest BCUT2D eigenvalue weighted by Gasteiger charge is 2.17. The molecule has 1 amide bonds. The summed E-state index contributed by atoms with van der Waals surface area (Å²) in [5, 5.41) is 22.4. The smallest absolute Gasteiger partial charge is 0.252 e. The van der Waals surface area contributed by atoms with Crippen molar-refractivity contribution in [2.24, 2.45) is 0 Å². The lowest BCUT2D eigenvalue weighted by Gasteiger charge is -2.18. The zero-order valence-electron chi connectivity index (χ0n) is 17.8. The summed E-state index contributed by atoms with van der Waals surface area (Å²) >= 11 is 0. The fourth-order valence-corrected chi connectivity index (χ4v) is 3.93. The number of amides is 1. The number of H-pyrrole nitrogens is 1. The minimum Gasteiger partial charge on any atom is -0.394 e. The molecule has 33 heavy (non-hydrogen) atoms. The number of hydrogen-bond donors (Lipinski definition) is 3. The van der Waals surface area contributed by atoms with E-state index < -0.39 is 6.04 Å². The van der Waals surface area contributed by atoms with Crippen molar-refractivity contribution in [2.75, 3.05) is 6.61 Å². The number of nitrogens with zero attached hydrogens (tertiary/aromatic N) is 3. The van der Waals surface area contributed by atoms with Gasteiger partial charge in [0.15, 0.2) is 0 Å². The maximum Gasteiger partial charge on any atom is 0.252 e. The number of aromatic amines is 1. The van der Waals surface area contributed by atoms with Crippen molar-refractivity contribution in [3.63, 3.8) is 0 Å². The number of aromatic nitrogens is 4. The number of benzene rings is 3. The van der Waals surface area contributed by atoms with Crippen LogP contribution in [0.3, 0.4) is 0 Å². The summed E-state index contributed by atoms with van der Waals surface area (Å²) in [5.74, 6) is -0.244. The minimum atomic E-state index is -0.479. The van der Waals surface area contributed by atoms with Gasteiger partial charge in [0.05, 0.1) is 25.4 Å². The molecule has 0 spiro atoms. The average Bonchev–Trinajstić information content (AvgIpc) is 3.52. The predicted octanol–water partition coefficient (Wildman–Crippen LogP) is 3.94. The summed E-state index contributed by atoms with van der Waals surface area (Å²) in [4.78, 5) is 16.2. The van der Waals surface area contributed by atoms with Crippen LogP contribution in [0, 0.1) is 0 Å². The second-order valence-electron chi connectivity index (χ2n) is 7.86. The lowest BCUT2D eigenvalue weighted by molar-refractivity contribution is 0.0915. The summed E-state index contributed by atoms with van der Waals surface area (Å²) in [6, 6.07) is 24.5. The van der Waals surface area contributed by atoms with Gasteiger partial charge in [0.2, 0.25) is 0 Å². The molecular formula is C26H23N5O2. The van der Waals surface area contributed by atoms with Crippen molar-refractivity contribution < 1.29 is 9.90 Å². The largest absolute Gasteiger partial charge is 0.394 e. The molecule has 7 heteroatoms. The van der Waals surface area contributed by atoms with Gasteiger partial charge in [-0.3, -0.25) is 4.79 Å². The molecule has 2 heterocycles. The number of aliphatic hydroxyl groups excluding tert-OH is 1. The SMILES string of the molecule is O=C(N[C@@H](CO)c1ccccc1)c1ccccc1Cn1cc(-c2ccc3[nH]ccc3c2)nn1. The van der Waals surface area contributed by atoms with Crippen LogP contribution in [0.15, 0.2) is 91.3 Å². The molecule has 0 bridgehead atoms. The van der Waals surface area contributed by atoms with Gasteiger partial charge in [-0.05, 0) is 35.4 Å². The molecule has 3 N–H and O–H groups in total. The van der Waals surface area contributed by atoms with Gasteiger partial charge in [-0.25, -0.2) is 4.68 Å². The van der Waals surface area contributed by atoms with Crippen LogP contribution in [0.5, 0.6) is 0 Å². The fraction of sp³-hybridized carbons (Fsp3) is 0.115. The van der Waals surface area contributed by atoms with E-state index in [4.69, 9.17) is 0 Å². The van der Waals surface area contributed by atoms with E-state index in [9.17, 15) is 9.90 Å². The van der Waals surface area contributed by atoms with Gasteiger partial charge in [-0.1, -0.05) is 59.8 Å². The number of aliphatic hydroxyl groups is 1. The number of carbonyl (C=O) groups is 1. The average molecular weight is 438 g/mol. The van der Waals surface area contributed by atoms with Crippen LogP contribution in [0.1, 0.15) is 27.5 Å². The summed E-state index contributed by atoms with van der Waals surface area (Å²) in [5.41, 5.74) is 5.03. The molecule has 0 radical (unpaired) electrons. The molecule has 0 aliphatic carbocycles. The molecule has 0 aliphatic heterocycles. The molecule has 1 atom stereocenters. The molecule has 164 valence electrons. The van der Waals surface area contributed by atoms with Crippen LogP contribution >= 0.6 is 0 Å². The molecule has 3 aromatic carbocycles. The van der Waals surface area contributed by atoms with Gasteiger partial charge in [0, 0.05) is 28.2 Å². The Balaban J connectivity index is 1.35. The van der Waals surface area contributed by atoms with Crippen LogP contribution in [-0.2, 0) is 6.54 Å². The molecule has 0 fully saturated rings. The topological polar surface area (TPSA) is 95.8 Å². The van der Waals surface area contributed by atoms with Crippen molar-refractivity contribution >= 4 is 16.8 Å². The lowest BCUT2D eigenvalue weighted by atomic mass is 10.0.